The van der Waals surface area contributed by atoms with Crippen molar-refractivity contribution in [3.05, 3.63) is 17.1 Å². The van der Waals surface area contributed by atoms with Crippen LogP contribution in [0.4, 0.5) is 0 Å². The maximum atomic E-state index is 3.94. The van der Waals surface area contributed by atoms with Crippen LogP contribution in [0.1, 0.15) is 13.8 Å². The first kappa shape index (κ1) is 9.61. The van der Waals surface area contributed by atoms with Crippen molar-refractivity contribution in [3.8, 4) is 0 Å². The summed E-state index contributed by atoms with van der Waals surface area (Å²) in [6.45, 7) is 4.00. The van der Waals surface area contributed by atoms with Crippen molar-refractivity contribution < 1.29 is 0 Å². The van der Waals surface area contributed by atoms with E-state index >= 15 is 0 Å². The second kappa shape index (κ2) is 5.40. The maximum absolute atomic E-state index is 3.94. The van der Waals surface area contributed by atoms with Crippen LogP contribution in [0.15, 0.2) is 17.1 Å². The smallest absolute Gasteiger partial charge is 0.0683 e. The van der Waals surface area contributed by atoms with Crippen molar-refractivity contribution in [2.24, 2.45) is 0 Å². The zero-order valence-corrected chi connectivity index (χ0v) is 11.6. The predicted octanol–water partition coefficient (Wildman–Crippen LogP) is 1.60. The second-order valence-electron chi connectivity index (χ2n) is 1.14. The van der Waals surface area contributed by atoms with Gasteiger partial charge in [-0.1, -0.05) is 13.8 Å². The average molecular weight is 380 g/mol. The van der Waals surface area contributed by atoms with E-state index in [1.165, 1.54) is 0 Å². The zero-order valence-electron chi connectivity index (χ0n) is 5.50. The molecule has 0 radical (unpaired) electrons. The number of imidazole rings is 1. The molecule has 0 atom stereocenters. The normalized spacial score (nSPS) is 7.78. The summed E-state index contributed by atoms with van der Waals surface area (Å²) < 4.78 is 2.97. The van der Waals surface area contributed by atoms with Crippen LogP contribution in [-0.4, -0.2) is 33.4 Å². The van der Waals surface area contributed by atoms with Crippen LogP contribution in [0.5, 0.6) is 0 Å². The fourth-order valence-corrected chi connectivity index (χ4v) is 2.30. The molecule has 0 saturated heterocycles. The third-order valence-electron chi connectivity index (χ3n) is 0.570. The summed E-state index contributed by atoms with van der Waals surface area (Å²) in [5.74, 6) is 0. The summed E-state index contributed by atoms with van der Waals surface area (Å²) in [6.07, 6.45) is 3.78. The SMILES string of the molecule is Brc1c[n]([Tl])cn1.CC. The van der Waals surface area contributed by atoms with Gasteiger partial charge in [0.2, 0.25) is 0 Å². The zero-order chi connectivity index (χ0) is 7.28. The molecule has 1 aromatic rings. The molecule has 0 fully saturated rings. The van der Waals surface area contributed by atoms with Crippen molar-refractivity contribution in [1.29, 1.82) is 0 Å². The number of rotatable bonds is 0. The van der Waals surface area contributed by atoms with Gasteiger partial charge in [0.05, 0.1) is 0 Å². The molecule has 48 valence electrons. The van der Waals surface area contributed by atoms with Crippen LogP contribution in [-0.2, 0) is 0 Å². The maximum Gasteiger partial charge on any atom is -0.0683 e. The Bertz CT molecular complexity index is 147. The third-order valence-corrected chi connectivity index (χ3v) is 2.08. The Labute approximate surface area is 79.9 Å². The van der Waals surface area contributed by atoms with Gasteiger partial charge in [-0.2, -0.15) is 0 Å². The Kier molecular flexibility index (Phi) is 5.77. The Balaban J connectivity index is 0.000000291. The summed E-state index contributed by atoms with van der Waals surface area (Å²) in [5, 5.41) is 0. The molecule has 1 rings (SSSR count). The first-order chi connectivity index (χ1) is 4.29. The van der Waals surface area contributed by atoms with Gasteiger partial charge in [-0.05, 0) is 0 Å². The molecule has 0 N–H and O–H groups in total. The number of halogens is 1. The summed E-state index contributed by atoms with van der Waals surface area (Å²) in [7, 11) is 0. The molecule has 1 heterocycles. The van der Waals surface area contributed by atoms with Gasteiger partial charge in [-0.25, -0.2) is 0 Å². The first-order valence-corrected chi connectivity index (χ1v) is 5.53. The van der Waals surface area contributed by atoms with Crippen molar-refractivity contribution in [3.63, 3.8) is 0 Å². The van der Waals surface area contributed by atoms with Gasteiger partial charge in [-0.15, -0.1) is 0 Å². The monoisotopic (exact) mass is 380 g/mol. The van der Waals surface area contributed by atoms with E-state index in [2.05, 4.69) is 20.9 Å². The van der Waals surface area contributed by atoms with Crippen molar-refractivity contribution in [2.75, 3.05) is 0 Å². The molecule has 4 heteroatoms. The van der Waals surface area contributed by atoms with Crippen molar-refractivity contribution in [2.45, 2.75) is 13.8 Å². The van der Waals surface area contributed by atoms with Crippen LogP contribution in [0.2, 0.25) is 0 Å². The number of nitrogens with zero attached hydrogens (tertiary/aromatic N) is 2. The predicted molar refractivity (Wildman–Crippen MR) is 42.4 cm³/mol. The van der Waals surface area contributed by atoms with E-state index < -0.39 is 0 Å². The van der Waals surface area contributed by atoms with E-state index in [-0.39, 0.29) is 0 Å². The topological polar surface area (TPSA) is 17.8 Å². The van der Waals surface area contributed by atoms with Gasteiger partial charge >= 0.3 is 66.5 Å². The summed E-state index contributed by atoms with van der Waals surface area (Å²) in [6, 6.07) is 0. The quantitative estimate of drug-likeness (QED) is 0.626. The molecule has 0 aliphatic heterocycles. The molecular weight excluding hydrogens is 372 g/mol. The van der Waals surface area contributed by atoms with Gasteiger partial charge in [0.1, 0.15) is 0 Å². The van der Waals surface area contributed by atoms with Crippen LogP contribution < -0.4 is 0 Å². The van der Waals surface area contributed by atoms with Gasteiger partial charge in [0.25, 0.3) is 0 Å². The molecule has 0 aliphatic carbocycles. The van der Waals surface area contributed by atoms with E-state index in [1.54, 1.807) is 0 Å². The van der Waals surface area contributed by atoms with Gasteiger partial charge in [-0.3, -0.25) is 0 Å². The minimum Gasteiger partial charge on any atom is -0.0683 e. The molecule has 0 saturated carbocycles. The second-order valence-corrected chi connectivity index (χ2v) is 4.27. The molecule has 9 heavy (non-hydrogen) atoms. The fourth-order valence-electron chi connectivity index (χ4n) is 0.311. The minimum absolute atomic E-state index is 0.837. The summed E-state index contributed by atoms with van der Waals surface area (Å²) in [5.41, 5.74) is 0. The number of aromatic nitrogens is 2. The van der Waals surface area contributed by atoms with Gasteiger partial charge in [0, 0.05) is 0 Å². The van der Waals surface area contributed by atoms with E-state index in [4.69, 9.17) is 0 Å². The molecule has 0 amide bonds. The molecular formula is C5H8BrN2Tl. The van der Waals surface area contributed by atoms with E-state index in [9.17, 15) is 0 Å². The Morgan fingerprint density at radius 1 is 1.67 bits per heavy atom. The molecule has 2 nitrogen and oxygen atoms in total. The molecule has 0 aliphatic rings. The number of hydrogen-bond acceptors (Lipinski definition) is 1. The van der Waals surface area contributed by atoms with E-state index in [0.29, 0.717) is 0 Å². The van der Waals surface area contributed by atoms with Crippen LogP contribution in [0, 0.1) is 0 Å². The van der Waals surface area contributed by atoms with Crippen LogP contribution >= 0.6 is 15.9 Å². The number of hydrogen-bond donors (Lipinski definition) is 0. The molecule has 0 aromatic carbocycles. The Morgan fingerprint density at radius 3 is 2.33 bits per heavy atom. The average Bonchev–Trinajstić information content (AvgIpc) is 2.20. The first-order valence-electron chi connectivity index (χ1n) is 2.73. The van der Waals surface area contributed by atoms with Crippen LogP contribution in [0.3, 0.4) is 0 Å². The summed E-state index contributed by atoms with van der Waals surface area (Å²) >= 11 is 4.06. The molecule has 0 bridgehead atoms. The van der Waals surface area contributed by atoms with Crippen molar-refractivity contribution in [1.82, 2.24) is 7.36 Å². The summed E-state index contributed by atoms with van der Waals surface area (Å²) in [4.78, 5) is 3.94. The standard InChI is InChI=1S/C3H2BrN2.C2H6.Tl/c4-3-1-5-2-6-3;1-2;/h1-2H;1-2H3;/q-1;;+1. The largest absolute Gasteiger partial charge is 0.0683 e. The molecule has 1 aromatic heterocycles. The van der Waals surface area contributed by atoms with Gasteiger partial charge in [0.15, 0.2) is 0 Å². The van der Waals surface area contributed by atoms with E-state index in [1.807, 2.05) is 28.7 Å². The minimum atomic E-state index is 0.837. The Hall–Kier alpha value is 0.612. The Morgan fingerprint density at radius 2 is 2.22 bits per heavy atom. The molecule has 0 unspecified atom stereocenters. The van der Waals surface area contributed by atoms with Crippen molar-refractivity contribution >= 4 is 42.0 Å². The molecule has 0 spiro atoms. The van der Waals surface area contributed by atoms with Gasteiger partial charge < -0.3 is 0 Å². The van der Waals surface area contributed by atoms with Crippen LogP contribution in [0.25, 0.3) is 0 Å². The van der Waals surface area contributed by atoms with E-state index in [0.717, 1.165) is 30.7 Å². The third kappa shape index (κ3) is 4.08. The fraction of sp³-hybridized carbons (Fsp3) is 0.400.